The molecule has 1 atom stereocenters. The zero-order chi connectivity index (χ0) is 12.2. The van der Waals surface area contributed by atoms with Crippen LogP contribution in [0.4, 0.5) is 0 Å². The summed E-state index contributed by atoms with van der Waals surface area (Å²) in [7, 11) is 2.12. The van der Waals surface area contributed by atoms with Gasteiger partial charge >= 0.3 is 0 Å². The molecule has 2 nitrogen and oxygen atoms in total. The van der Waals surface area contributed by atoms with Crippen LogP contribution < -0.4 is 5.32 Å². The maximum absolute atomic E-state index is 3.55. The van der Waals surface area contributed by atoms with E-state index >= 15 is 0 Å². The van der Waals surface area contributed by atoms with Crippen LogP contribution in [0.15, 0.2) is 0 Å². The van der Waals surface area contributed by atoms with Crippen LogP contribution in [0.25, 0.3) is 0 Å². The van der Waals surface area contributed by atoms with Crippen LogP contribution in [0.3, 0.4) is 0 Å². The molecule has 0 aromatic carbocycles. The first-order valence-corrected chi connectivity index (χ1v) is 6.98. The van der Waals surface area contributed by atoms with Crippen LogP contribution in [-0.2, 0) is 0 Å². The van der Waals surface area contributed by atoms with Gasteiger partial charge in [0.15, 0.2) is 0 Å². The molecule has 0 spiro atoms. The van der Waals surface area contributed by atoms with Crippen LogP contribution in [0.2, 0.25) is 0 Å². The van der Waals surface area contributed by atoms with Crippen molar-refractivity contribution in [1.82, 2.24) is 10.2 Å². The van der Waals surface area contributed by atoms with E-state index in [0.29, 0.717) is 6.04 Å². The molecule has 16 heavy (non-hydrogen) atoms. The molecule has 96 valence electrons. The summed E-state index contributed by atoms with van der Waals surface area (Å²) in [6, 6.07) is 0.623. The predicted molar refractivity (Wildman–Crippen MR) is 71.8 cm³/mol. The Morgan fingerprint density at radius 3 is 2.12 bits per heavy atom. The van der Waals surface area contributed by atoms with Gasteiger partial charge in [-0.15, -0.1) is 0 Å². The Balaban J connectivity index is 2.59. The van der Waals surface area contributed by atoms with E-state index in [9.17, 15) is 0 Å². The fourth-order valence-corrected chi connectivity index (χ4v) is 3.08. The fraction of sp³-hybridized carbons (Fsp3) is 1.00. The Labute approximate surface area is 102 Å². The van der Waals surface area contributed by atoms with Crippen LogP contribution in [0.5, 0.6) is 0 Å². The van der Waals surface area contributed by atoms with Gasteiger partial charge in [0.2, 0.25) is 0 Å². The second kappa shape index (κ2) is 6.02. The lowest BCUT2D eigenvalue weighted by atomic mass is 9.76. The average molecular weight is 226 g/mol. The first kappa shape index (κ1) is 14.0. The molecule has 0 aliphatic heterocycles. The minimum Gasteiger partial charge on any atom is -0.315 e. The molecule has 1 fully saturated rings. The second-order valence-electron chi connectivity index (χ2n) is 5.70. The highest BCUT2D eigenvalue weighted by Crippen LogP contribution is 2.34. The van der Waals surface area contributed by atoms with E-state index in [4.69, 9.17) is 0 Å². The number of rotatable bonds is 7. The van der Waals surface area contributed by atoms with Crippen molar-refractivity contribution in [3.8, 4) is 0 Å². The Kier molecular flexibility index (Phi) is 5.26. The summed E-state index contributed by atoms with van der Waals surface area (Å²) in [4.78, 5) is 2.58. The van der Waals surface area contributed by atoms with Crippen molar-refractivity contribution < 1.29 is 0 Å². The first-order valence-electron chi connectivity index (χ1n) is 6.98. The Hall–Kier alpha value is -0.0800. The molecule has 1 saturated carbocycles. The lowest BCUT2D eigenvalue weighted by Crippen LogP contribution is -2.57. The molecule has 1 rings (SSSR count). The third-order valence-electron chi connectivity index (χ3n) is 4.57. The summed E-state index contributed by atoms with van der Waals surface area (Å²) in [5, 5.41) is 3.55. The monoisotopic (exact) mass is 226 g/mol. The van der Waals surface area contributed by atoms with Gasteiger partial charge < -0.3 is 5.32 Å². The van der Waals surface area contributed by atoms with Gasteiger partial charge in [-0.05, 0) is 46.3 Å². The van der Waals surface area contributed by atoms with Crippen molar-refractivity contribution in [2.24, 2.45) is 5.92 Å². The highest BCUT2D eigenvalue weighted by molar-refractivity contribution is 4.94. The summed E-state index contributed by atoms with van der Waals surface area (Å²) in [6.45, 7) is 11.6. The van der Waals surface area contributed by atoms with Crippen molar-refractivity contribution in [1.29, 1.82) is 0 Å². The SMILES string of the molecule is CCN(CC)C(C)(C)C(CC1CCC1)NC. The number of hydrogen-bond acceptors (Lipinski definition) is 2. The summed E-state index contributed by atoms with van der Waals surface area (Å²) < 4.78 is 0. The van der Waals surface area contributed by atoms with Gasteiger partial charge in [-0.2, -0.15) is 0 Å². The minimum atomic E-state index is 0.272. The van der Waals surface area contributed by atoms with Gasteiger partial charge in [0.25, 0.3) is 0 Å². The largest absolute Gasteiger partial charge is 0.315 e. The molecule has 0 radical (unpaired) electrons. The van der Waals surface area contributed by atoms with Crippen LogP contribution in [-0.4, -0.2) is 36.6 Å². The van der Waals surface area contributed by atoms with Gasteiger partial charge in [-0.25, -0.2) is 0 Å². The van der Waals surface area contributed by atoms with Gasteiger partial charge in [-0.1, -0.05) is 33.1 Å². The second-order valence-corrected chi connectivity index (χ2v) is 5.70. The molecular formula is C14H30N2. The topological polar surface area (TPSA) is 15.3 Å². The molecule has 0 amide bonds. The molecule has 1 unspecified atom stereocenters. The summed E-state index contributed by atoms with van der Waals surface area (Å²) in [5.74, 6) is 0.979. The van der Waals surface area contributed by atoms with Crippen LogP contribution >= 0.6 is 0 Å². The molecule has 0 bridgehead atoms. The van der Waals surface area contributed by atoms with Gasteiger partial charge in [0.1, 0.15) is 0 Å². The van der Waals surface area contributed by atoms with E-state index in [1.54, 1.807) is 0 Å². The fourth-order valence-electron chi connectivity index (χ4n) is 3.08. The van der Waals surface area contributed by atoms with Crippen molar-refractivity contribution >= 4 is 0 Å². The van der Waals surface area contributed by atoms with Crippen molar-refractivity contribution in [2.45, 2.75) is 65.0 Å². The Bertz CT molecular complexity index is 193. The third kappa shape index (κ3) is 2.98. The molecule has 1 N–H and O–H groups in total. The molecule has 0 heterocycles. The number of nitrogens with one attached hydrogen (secondary N) is 1. The zero-order valence-corrected chi connectivity index (χ0v) is 11.8. The van der Waals surface area contributed by atoms with E-state index in [1.165, 1.54) is 25.7 Å². The third-order valence-corrected chi connectivity index (χ3v) is 4.57. The predicted octanol–water partition coefficient (Wildman–Crippen LogP) is 2.89. The maximum atomic E-state index is 3.55. The van der Waals surface area contributed by atoms with Crippen molar-refractivity contribution in [3.05, 3.63) is 0 Å². The van der Waals surface area contributed by atoms with Crippen molar-refractivity contribution in [3.63, 3.8) is 0 Å². The van der Waals surface area contributed by atoms with E-state index in [1.807, 2.05) is 0 Å². The number of likely N-dealkylation sites (N-methyl/N-ethyl adjacent to an activating group) is 2. The van der Waals surface area contributed by atoms with E-state index in [2.05, 4.69) is 45.0 Å². The number of nitrogens with zero attached hydrogens (tertiary/aromatic N) is 1. The highest BCUT2D eigenvalue weighted by Gasteiger charge is 2.35. The van der Waals surface area contributed by atoms with Crippen molar-refractivity contribution in [2.75, 3.05) is 20.1 Å². The van der Waals surface area contributed by atoms with Crippen LogP contribution in [0.1, 0.15) is 53.4 Å². The zero-order valence-electron chi connectivity index (χ0n) is 11.8. The molecule has 0 saturated heterocycles. The van der Waals surface area contributed by atoms with Gasteiger partial charge in [0.05, 0.1) is 0 Å². The quantitative estimate of drug-likeness (QED) is 0.718. The van der Waals surface area contributed by atoms with Gasteiger partial charge in [0, 0.05) is 11.6 Å². The first-order chi connectivity index (χ1) is 7.56. The maximum Gasteiger partial charge on any atom is 0.0305 e. The molecule has 0 aromatic rings. The highest BCUT2D eigenvalue weighted by atomic mass is 15.2. The summed E-state index contributed by atoms with van der Waals surface area (Å²) in [6.07, 6.45) is 5.70. The van der Waals surface area contributed by atoms with E-state index < -0.39 is 0 Å². The molecule has 1 aliphatic carbocycles. The molecule has 1 aliphatic rings. The molecule has 2 heteroatoms. The molecule has 0 aromatic heterocycles. The molecular weight excluding hydrogens is 196 g/mol. The summed E-state index contributed by atoms with van der Waals surface area (Å²) in [5.41, 5.74) is 0.272. The average Bonchev–Trinajstić information content (AvgIpc) is 2.17. The lowest BCUT2D eigenvalue weighted by molar-refractivity contribution is 0.0751. The standard InChI is InChI=1S/C14H30N2/c1-6-16(7-2)14(3,4)13(15-5)11-12-9-8-10-12/h12-13,15H,6-11H2,1-5H3. The van der Waals surface area contributed by atoms with E-state index in [-0.39, 0.29) is 5.54 Å². The Morgan fingerprint density at radius 2 is 1.81 bits per heavy atom. The van der Waals surface area contributed by atoms with E-state index in [0.717, 1.165) is 19.0 Å². The Morgan fingerprint density at radius 1 is 1.25 bits per heavy atom. The normalized spacial score (nSPS) is 19.9. The number of hydrogen-bond donors (Lipinski definition) is 1. The smallest absolute Gasteiger partial charge is 0.0305 e. The lowest BCUT2D eigenvalue weighted by Gasteiger charge is -2.45. The summed E-state index contributed by atoms with van der Waals surface area (Å²) >= 11 is 0. The van der Waals surface area contributed by atoms with Gasteiger partial charge in [-0.3, -0.25) is 4.90 Å². The minimum absolute atomic E-state index is 0.272. The van der Waals surface area contributed by atoms with Crippen LogP contribution in [0, 0.1) is 5.92 Å².